The van der Waals surface area contributed by atoms with Crippen molar-refractivity contribution < 1.29 is 0 Å². The Kier molecular flexibility index (Phi) is 4.61. The van der Waals surface area contributed by atoms with E-state index in [0.29, 0.717) is 11.7 Å². The van der Waals surface area contributed by atoms with Crippen molar-refractivity contribution in [2.24, 2.45) is 0 Å². The van der Waals surface area contributed by atoms with Crippen molar-refractivity contribution in [1.29, 1.82) is 5.26 Å². The van der Waals surface area contributed by atoms with Crippen LogP contribution in [0, 0.1) is 11.3 Å². The van der Waals surface area contributed by atoms with Crippen LogP contribution in [0.2, 0.25) is 0 Å². The van der Waals surface area contributed by atoms with Crippen LogP contribution in [0.25, 0.3) is 5.69 Å². The van der Waals surface area contributed by atoms with Gasteiger partial charge in [-0.15, -0.1) is 15.0 Å². The Hall–Kier alpha value is -2.35. The Bertz CT molecular complexity index is 695. The lowest BCUT2D eigenvalue weighted by Gasteiger charge is -2.35. The lowest BCUT2D eigenvalue weighted by molar-refractivity contribution is 0.446. The van der Waals surface area contributed by atoms with Gasteiger partial charge in [-0.3, -0.25) is 0 Å². The standard InChI is InChI=1S/C18H23N5/c1-3-14-8-10-16(11-9-14)23-20-17(13-19)18(21-23)22-12-6-5-7-15(22)4-2/h8-11,15H,3-7,12H2,1-2H3. The normalized spacial score (nSPS) is 18.0. The molecule has 1 aliphatic heterocycles. The Morgan fingerprint density at radius 1 is 1.17 bits per heavy atom. The number of nitriles is 1. The van der Waals surface area contributed by atoms with Gasteiger partial charge in [-0.2, -0.15) is 5.26 Å². The summed E-state index contributed by atoms with van der Waals surface area (Å²) in [5.41, 5.74) is 2.60. The molecule has 0 bridgehead atoms. The second-order valence-electron chi connectivity index (χ2n) is 6.04. The molecule has 3 rings (SSSR count). The van der Waals surface area contributed by atoms with Gasteiger partial charge in [-0.05, 0) is 49.8 Å². The summed E-state index contributed by atoms with van der Waals surface area (Å²) in [6.45, 7) is 5.29. The van der Waals surface area contributed by atoms with Crippen LogP contribution in [0.1, 0.15) is 50.8 Å². The van der Waals surface area contributed by atoms with Crippen LogP contribution >= 0.6 is 0 Å². The summed E-state index contributed by atoms with van der Waals surface area (Å²) in [5, 5.41) is 18.5. The summed E-state index contributed by atoms with van der Waals surface area (Å²) in [7, 11) is 0. The maximum atomic E-state index is 9.46. The van der Waals surface area contributed by atoms with Crippen molar-refractivity contribution in [2.45, 2.75) is 52.0 Å². The average Bonchev–Trinajstić information content (AvgIpc) is 3.06. The van der Waals surface area contributed by atoms with E-state index in [0.717, 1.165) is 37.3 Å². The molecular weight excluding hydrogens is 286 g/mol. The smallest absolute Gasteiger partial charge is 0.207 e. The molecule has 1 atom stereocenters. The number of hydrogen-bond acceptors (Lipinski definition) is 4. The Labute approximate surface area is 137 Å². The van der Waals surface area contributed by atoms with Gasteiger partial charge in [0.15, 0.2) is 5.82 Å². The summed E-state index contributed by atoms with van der Waals surface area (Å²) < 4.78 is 0. The molecule has 5 heteroatoms. The van der Waals surface area contributed by atoms with Crippen LogP contribution in [-0.4, -0.2) is 27.6 Å². The highest BCUT2D eigenvalue weighted by molar-refractivity contribution is 5.51. The van der Waals surface area contributed by atoms with Gasteiger partial charge in [-0.1, -0.05) is 26.0 Å². The summed E-state index contributed by atoms with van der Waals surface area (Å²) in [4.78, 5) is 3.86. The number of benzene rings is 1. The number of rotatable bonds is 4. The molecular formula is C18H23N5. The van der Waals surface area contributed by atoms with Crippen LogP contribution in [0.15, 0.2) is 24.3 Å². The Morgan fingerprint density at radius 2 is 1.96 bits per heavy atom. The number of anilines is 1. The molecule has 1 saturated heterocycles. The van der Waals surface area contributed by atoms with Gasteiger partial charge in [0, 0.05) is 12.6 Å². The first-order valence-electron chi connectivity index (χ1n) is 8.50. The van der Waals surface area contributed by atoms with E-state index in [1.165, 1.54) is 18.4 Å². The molecule has 23 heavy (non-hydrogen) atoms. The monoisotopic (exact) mass is 309 g/mol. The van der Waals surface area contributed by atoms with E-state index < -0.39 is 0 Å². The van der Waals surface area contributed by atoms with Crippen LogP contribution in [0.4, 0.5) is 5.82 Å². The van der Waals surface area contributed by atoms with Gasteiger partial charge >= 0.3 is 0 Å². The predicted octanol–water partition coefficient (Wildman–Crippen LogP) is 3.47. The van der Waals surface area contributed by atoms with Gasteiger partial charge in [0.05, 0.1) is 5.69 Å². The van der Waals surface area contributed by atoms with Crippen molar-refractivity contribution in [3.63, 3.8) is 0 Å². The molecule has 5 nitrogen and oxygen atoms in total. The van der Waals surface area contributed by atoms with Gasteiger partial charge in [-0.25, -0.2) is 0 Å². The molecule has 0 amide bonds. The third-order valence-electron chi connectivity index (χ3n) is 4.65. The maximum absolute atomic E-state index is 9.46. The van der Waals surface area contributed by atoms with E-state index in [1.807, 2.05) is 12.1 Å². The molecule has 0 spiro atoms. The highest BCUT2D eigenvalue weighted by Gasteiger charge is 2.26. The van der Waals surface area contributed by atoms with E-state index in [9.17, 15) is 5.26 Å². The van der Waals surface area contributed by atoms with E-state index in [4.69, 9.17) is 0 Å². The number of nitrogens with zero attached hydrogens (tertiary/aromatic N) is 5. The second kappa shape index (κ2) is 6.82. The van der Waals surface area contributed by atoms with Gasteiger partial charge in [0.1, 0.15) is 6.07 Å². The molecule has 0 radical (unpaired) electrons. The predicted molar refractivity (Wildman–Crippen MR) is 90.7 cm³/mol. The molecule has 1 fully saturated rings. The number of hydrogen-bond donors (Lipinski definition) is 0. The summed E-state index contributed by atoms with van der Waals surface area (Å²) in [6, 6.07) is 10.9. The fraction of sp³-hybridized carbons (Fsp3) is 0.500. The van der Waals surface area contributed by atoms with Crippen molar-refractivity contribution in [2.75, 3.05) is 11.4 Å². The van der Waals surface area contributed by atoms with Crippen LogP contribution in [0.3, 0.4) is 0 Å². The number of piperidine rings is 1. The number of aryl methyl sites for hydroxylation is 1. The van der Waals surface area contributed by atoms with Crippen LogP contribution in [0.5, 0.6) is 0 Å². The number of aromatic nitrogens is 3. The molecule has 2 heterocycles. The summed E-state index contributed by atoms with van der Waals surface area (Å²) in [6.07, 6.45) is 5.65. The molecule has 1 aromatic carbocycles. The highest BCUT2D eigenvalue weighted by atomic mass is 15.5. The highest BCUT2D eigenvalue weighted by Crippen LogP contribution is 2.27. The fourth-order valence-corrected chi connectivity index (χ4v) is 3.25. The summed E-state index contributed by atoms with van der Waals surface area (Å²) >= 11 is 0. The van der Waals surface area contributed by atoms with E-state index in [1.54, 1.807) is 4.80 Å². The zero-order valence-corrected chi connectivity index (χ0v) is 13.9. The Morgan fingerprint density at radius 3 is 2.61 bits per heavy atom. The van der Waals surface area contributed by atoms with E-state index in [2.05, 4.69) is 47.1 Å². The zero-order valence-electron chi connectivity index (χ0n) is 13.9. The first kappa shape index (κ1) is 15.5. The van der Waals surface area contributed by atoms with E-state index in [-0.39, 0.29) is 0 Å². The van der Waals surface area contributed by atoms with Crippen molar-refractivity contribution in [1.82, 2.24) is 15.0 Å². The topological polar surface area (TPSA) is 57.7 Å². The largest absolute Gasteiger partial charge is 0.350 e. The van der Waals surface area contributed by atoms with E-state index >= 15 is 0 Å². The molecule has 0 N–H and O–H groups in total. The fourth-order valence-electron chi connectivity index (χ4n) is 3.25. The summed E-state index contributed by atoms with van der Waals surface area (Å²) in [5.74, 6) is 0.735. The molecule has 1 aliphatic rings. The lowest BCUT2D eigenvalue weighted by atomic mass is 10.00. The maximum Gasteiger partial charge on any atom is 0.207 e. The van der Waals surface area contributed by atoms with Crippen LogP contribution < -0.4 is 4.90 Å². The van der Waals surface area contributed by atoms with Crippen molar-refractivity contribution in [3.05, 3.63) is 35.5 Å². The van der Waals surface area contributed by atoms with Crippen LogP contribution in [-0.2, 0) is 6.42 Å². The second-order valence-corrected chi connectivity index (χ2v) is 6.04. The minimum Gasteiger partial charge on any atom is -0.350 e. The van der Waals surface area contributed by atoms with Crippen molar-refractivity contribution >= 4 is 5.82 Å². The zero-order chi connectivity index (χ0) is 16.2. The SMILES string of the molecule is CCc1ccc(-n2nc(C#N)c(N3CCCCC3CC)n2)cc1. The third-order valence-corrected chi connectivity index (χ3v) is 4.65. The molecule has 0 saturated carbocycles. The van der Waals surface area contributed by atoms with Gasteiger partial charge < -0.3 is 4.90 Å². The molecule has 0 aliphatic carbocycles. The Balaban J connectivity index is 1.95. The van der Waals surface area contributed by atoms with Crippen molar-refractivity contribution in [3.8, 4) is 11.8 Å². The molecule has 1 unspecified atom stereocenters. The van der Waals surface area contributed by atoms with Gasteiger partial charge in [0.25, 0.3) is 0 Å². The first-order chi connectivity index (χ1) is 11.3. The average molecular weight is 309 g/mol. The minimum atomic E-state index is 0.421. The quantitative estimate of drug-likeness (QED) is 0.867. The van der Waals surface area contributed by atoms with Gasteiger partial charge in [0.2, 0.25) is 5.69 Å². The molecule has 2 aromatic rings. The third kappa shape index (κ3) is 3.07. The lowest BCUT2D eigenvalue weighted by Crippen LogP contribution is -2.39. The molecule has 120 valence electrons. The minimum absolute atomic E-state index is 0.421. The first-order valence-corrected chi connectivity index (χ1v) is 8.50. The molecule has 1 aromatic heterocycles.